The van der Waals surface area contributed by atoms with Gasteiger partial charge in [0.25, 0.3) is 0 Å². The standard InChI is InChI=1S/C70H52N2O2/c1-3-17-49-23-13-29-55-57-31-15-33-63(69(57)73-67(49)55)71(53-27-11-25-51(43-53)45-19-7-5-8-20-45)61-41-37-47-36-40-60-62(42-38-48-35-39-59(61)65(47)66(48)60)72(54-28-12-26-52(44-54)46-21-9-6-10-22-46)64-34-16-32-58-56-30-14-24-50(18-4-2)68(56)74-70(58)64/h5-16,19-44H,3-4,17-18H2,1-2H3. The number of hydrogen-bond acceptors (Lipinski definition) is 4. The molecule has 354 valence electrons. The van der Waals surface area contributed by atoms with E-state index in [-0.39, 0.29) is 0 Å². The molecule has 12 aromatic carbocycles. The maximum absolute atomic E-state index is 7.11. The van der Waals surface area contributed by atoms with Crippen molar-refractivity contribution in [3.63, 3.8) is 0 Å². The molecular weight excluding hydrogens is 901 g/mol. The Morgan fingerprint density at radius 1 is 0.297 bits per heavy atom. The minimum Gasteiger partial charge on any atom is -0.454 e. The third kappa shape index (κ3) is 7.04. The minimum atomic E-state index is 0.874. The van der Waals surface area contributed by atoms with Crippen molar-refractivity contribution >= 4 is 110 Å². The van der Waals surface area contributed by atoms with Crippen LogP contribution in [0.1, 0.15) is 37.8 Å². The number of hydrogen-bond donors (Lipinski definition) is 0. The molecule has 2 aromatic heterocycles. The Bertz CT molecular complexity index is 4130. The Morgan fingerprint density at radius 3 is 1.11 bits per heavy atom. The van der Waals surface area contributed by atoms with Gasteiger partial charge in [-0.05, 0) is 116 Å². The number of benzene rings is 12. The van der Waals surface area contributed by atoms with Crippen molar-refractivity contribution < 1.29 is 8.83 Å². The molecule has 0 N–H and O–H groups in total. The summed E-state index contributed by atoms with van der Waals surface area (Å²) in [5.74, 6) is 0. The van der Waals surface area contributed by atoms with E-state index < -0.39 is 0 Å². The largest absolute Gasteiger partial charge is 0.454 e. The maximum Gasteiger partial charge on any atom is 0.159 e. The molecule has 0 aliphatic carbocycles. The van der Waals surface area contributed by atoms with Crippen molar-refractivity contribution in [3.05, 3.63) is 242 Å². The van der Waals surface area contributed by atoms with Gasteiger partial charge < -0.3 is 18.6 Å². The van der Waals surface area contributed by atoms with E-state index >= 15 is 0 Å². The van der Waals surface area contributed by atoms with Crippen LogP contribution in [0.4, 0.5) is 34.1 Å². The van der Waals surface area contributed by atoms with Gasteiger partial charge >= 0.3 is 0 Å². The lowest BCUT2D eigenvalue weighted by Gasteiger charge is -2.29. The molecule has 0 atom stereocenters. The van der Waals surface area contributed by atoms with Gasteiger partial charge in [-0.1, -0.05) is 209 Å². The molecule has 4 nitrogen and oxygen atoms in total. The average molecular weight is 953 g/mol. The van der Waals surface area contributed by atoms with Crippen LogP contribution < -0.4 is 9.80 Å². The van der Waals surface area contributed by atoms with E-state index in [0.29, 0.717) is 0 Å². The monoisotopic (exact) mass is 952 g/mol. The van der Waals surface area contributed by atoms with E-state index in [1.54, 1.807) is 0 Å². The Kier molecular flexibility index (Phi) is 10.5. The summed E-state index contributed by atoms with van der Waals surface area (Å²) in [6.07, 6.45) is 3.99. The fraction of sp³-hybridized carbons (Fsp3) is 0.0857. The number of fused-ring (bicyclic) bond motifs is 6. The molecule has 0 unspecified atom stereocenters. The van der Waals surface area contributed by atoms with Crippen LogP contribution in [0.2, 0.25) is 0 Å². The number of para-hydroxylation sites is 4. The van der Waals surface area contributed by atoms with Crippen LogP contribution in [0.5, 0.6) is 0 Å². The Morgan fingerprint density at radius 2 is 0.676 bits per heavy atom. The summed E-state index contributed by atoms with van der Waals surface area (Å²) in [7, 11) is 0. The first kappa shape index (κ1) is 43.7. The van der Waals surface area contributed by atoms with E-state index in [4.69, 9.17) is 8.83 Å². The Hall–Kier alpha value is -9.12. The molecule has 14 aromatic rings. The molecule has 0 radical (unpaired) electrons. The van der Waals surface area contributed by atoms with Crippen LogP contribution in [-0.4, -0.2) is 0 Å². The highest BCUT2D eigenvalue weighted by molar-refractivity contribution is 6.29. The summed E-state index contributed by atoms with van der Waals surface area (Å²) in [6, 6.07) is 84.1. The fourth-order valence-electron chi connectivity index (χ4n) is 11.9. The van der Waals surface area contributed by atoms with Crippen molar-refractivity contribution in [2.75, 3.05) is 9.80 Å². The molecule has 0 aliphatic heterocycles. The van der Waals surface area contributed by atoms with Gasteiger partial charge in [0.15, 0.2) is 11.2 Å². The average Bonchev–Trinajstić information content (AvgIpc) is 4.09. The van der Waals surface area contributed by atoms with Gasteiger partial charge in [0, 0.05) is 43.7 Å². The van der Waals surface area contributed by atoms with Crippen molar-refractivity contribution in [2.24, 2.45) is 0 Å². The highest BCUT2D eigenvalue weighted by atomic mass is 16.3. The maximum atomic E-state index is 7.11. The molecule has 0 amide bonds. The summed E-state index contributed by atoms with van der Waals surface area (Å²) < 4.78 is 14.2. The van der Waals surface area contributed by atoms with Gasteiger partial charge in [0.2, 0.25) is 0 Å². The van der Waals surface area contributed by atoms with Crippen LogP contribution in [0.3, 0.4) is 0 Å². The lowest BCUT2D eigenvalue weighted by molar-refractivity contribution is 0.661. The number of aryl methyl sites for hydroxylation is 2. The van der Waals surface area contributed by atoms with Crippen LogP contribution in [0.15, 0.2) is 239 Å². The lowest BCUT2D eigenvalue weighted by Crippen LogP contribution is -2.12. The van der Waals surface area contributed by atoms with E-state index in [0.717, 1.165) is 126 Å². The van der Waals surface area contributed by atoms with Gasteiger partial charge in [0.05, 0.1) is 22.7 Å². The Labute approximate surface area is 430 Å². The summed E-state index contributed by atoms with van der Waals surface area (Å²) in [4.78, 5) is 4.86. The van der Waals surface area contributed by atoms with E-state index in [9.17, 15) is 0 Å². The highest BCUT2D eigenvalue weighted by Crippen LogP contribution is 2.51. The number of anilines is 6. The summed E-state index contributed by atoms with van der Waals surface area (Å²) >= 11 is 0. The van der Waals surface area contributed by atoms with Crippen molar-refractivity contribution in [2.45, 2.75) is 39.5 Å². The molecule has 0 saturated heterocycles. The van der Waals surface area contributed by atoms with Crippen LogP contribution >= 0.6 is 0 Å². The zero-order valence-corrected chi connectivity index (χ0v) is 41.5. The van der Waals surface area contributed by atoms with Crippen LogP contribution in [0.25, 0.3) is 98.4 Å². The fourth-order valence-corrected chi connectivity index (χ4v) is 11.9. The number of rotatable bonds is 12. The first-order chi connectivity index (χ1) is 36.6. The molecule has 4 heteroatoms. The normalized spacial score (nSPS) is 11.9. The van der Waals surface area contributed by atoms with E-state index in [2.05, 4.69) is 254 Å². The smallest absolute Gasteiger partial charge is 0.159 e. The lowest BCUT2D eigenvalue weighted by atomic mass is 9.91. The van der Waals surface area contributed by atoms with Gasteiger partial charge in [-0.15, -0.1) is 0 Å². The van der Waals surface area contributed by atoms with E-state index in [1.807, 2.05) is 0 Å². The SMILES string of the molecule is CCCc1cccc2c1oc1c(N(c3cccc(-c4ccccc4)c3)c3ccc4ccc5c(N(c6cccc(-c7ccccc7)c6)c6cccc7c6oc6c(CCC)cccc67)ccc6ccc3c4c65)cccc12. The molecule has 74 heavy (non-hydrogen) atoms. The predicted molar refractivity (Wildman–Crippen MR) is 313 cm³/mol. The third-order valence-electron chi connectivity index (χ3n) is 15.2. The first-order valence-corrected chi connectivity index (χ1v) is 26.1. The topological polar surface area (TPSA) is 32.8 Å². The van der Waals surface area contributed by atoms with E-state index in [1.165, 1.54) is 43.8 Å². The second-order valence-electron chi connectivity index (χ2n) is 19.7. The molecule has 0 bridgehead atoms. The molecule has 14 rings (SSSR count). The van der Waals surface area contributed by atoms with Crippen molar-refractivity contribution in [3.8, 4) is 22.3 Å². The first-order valence-electron chi connectivity index (χ1n) is 26.1. The van der Waals surface area contributed by atoms with Gasteiger partial charge in [-0.2, -0.15) is 0 Å². The zero-order chi connectivity index (χ0) is 49.3. The van der Waals surface area contributed by atoms with Gasteiger partial charge in [-0.3, -0.25) is 0 Å². The van der Waals surface area contributed by atoms with Crippen LogP contribution in [-0.2, 0) is 12.8 Å². The van der Waals surface area contributed by atoms with Crippen molar-refractivity contribution in [1.29, 1.82) is 0 Å². The molecule has 2 heterocycles. The number of furan rings is 2. The van der Waals surface area contributed by atoms with Crippen molar-refractivity contribution in [1.82, 2.24) is 0 Å². The minimum absolute atomic E-state index is 0.874. The Balaban J connectivity index is 1.03. The number of nitrogens with zero attached hydrogens (tertiary/aromatic N) is 2. The highest BCUT2D eigenvalue weighted by Gasteiger charge is 2.27. The second kappa shape index (κ2) is 17.9. The second-order valence-corrected chi connectivity index (χ2v) is 19.7. The summed E-state index contributed by atoms with van der Waals surface area (Å²) in [6.45, 7) is 4.46. The summed E-state index contributed by atoms with van der Waals surface area (Å²) in [5, 5.41) is 11.6. The molecule has 0 saturated carbocycles. The van der Waals surface area contributed by atoms with Gasteiger partial charge in [-0.25, -0.2) is 0 Å². The zero-order valence-electron chi connectivity index (χ0n) is 41.5. The molecular formula is C70H52N2O2. The molecule has 0 spiro atoms. The predicted octanol–water partition coefficient (Wildman–Crippen LogP) is 20.6. The molecule has 0 aliphatic rings. The van der Waals surface area contributed by atoms with Gasteiger partial charge in [0.1, 0.15) is 11.2 Å². The van der Waals surface area contributed by atoms with Crippen LogP contribution in [0, 0.1) is 0 Å². The quantitative estimate of drug-likeness (QED) is 0.114. The summed E-state index contributed by atoms with van der Waals surface area (Å²) in [5.41, 5.74) is 17.0. The third-order valence-corrected chi connectivity index (χ3v) is 15.2. The molecule has 0 fully saturated rings.